The molecular formula is C16H26N2. The molecule has 18 heavy (non-hydrogen) atoms. The van der Waals surface area contributed by atoms with Gasteiger partial charge in [0, 0.05) is 19.1 Å². The van der Waals surface area contributed by atoms with E-state index < -0.39 is 0 Å². The van der Waals surface area contributed by atoms with E-state index in [1.165, 1.54) is 25.1 Å². The third kappa shape index (κ3) is 3.56. The van der Waals surface area contributed by atoms with E-state index >= 15 is 0 Å². The van der Waals surface area contributed by atoms with Crippen LogP contribution < -0.4 is 5.32 Å². The Balaban J connectivity index is 1.81. The Morgan fingerprint density at radius 3 is 2.72 bits per heavy atom. The van der Waals surface area contributed by atoms with Crippen molar-refractivity contribution in [3.05, 3.63) is 35.9 Å². The van der Waals surface area contributed by atoms with Crippen molar-refractivity contribution in [1.82, 2.24) is 10.2 Å². The van der Waals surface area contributed by atoms with Crippen LogP contribution in [0.4, 0.5) is 0 Å². The molecular weight excluding hydrogens is 220 g/mol. The fourth-order valence-electron chi connectivity index (χ4n) is 2.88. The van der Waals surface area contributed by atoms with Gasteiger partial charge < -0.3 is 10.2 Å². The summed E-state index contributed by atoms with van der Waals surface area (Å²) in [6.45, 7) is 8.20. The normalized spacial score (nSPS) is 27.1. The largest absolute Gasteiger partial charge is 0.313 e. The first-order chi connectivity index (χ1) is 8.66. The Kier molecular flexibility index (Phi) is 4.79. The lowest BCUT2D eigenvalue weighted by molar-refractivity contribution is 0.174. The first-order valence-electron chi connectivity index (χ1n) is 7.13. The highest BCUT2D eigenvalue weighted by Gasteiger charge is 2.23. The molecule has 2 rings (SSSR count). The van der Waals surface area contributed by atoms with Gasteiger partial charge in [-0.05, 0) is 37.4 Å². The number of likely N-dealkylation sites (tertiary alicyclic amines) is 1. The van der Waals surface area contributed by atoms with Gasteiger partial charge in [0.1, 0.15) is 0 Å². The van der Waals surface area contributed by atoms with Crippen LogP contribution in [-0.2, 0) is 0 Å². The Labute approximate surface area is 111 Å². The number of rotatable bonds is 4. The summed E-state index contributed by atoms with van der Waals surface area (Å²) < 4.78 is 0. The maximum atomic E-state index is 3.76. The maximum absolute atomic E-state index is 3.76. The van der Waals surface area contributed by atoms with Crippen molar-refractivity contribution in [1.29, 1.82) is 0 Å². The van der Waals surface area contributed by atoms with Crippen molar-refractivity contribution < 1.29 is 0 Å². The second-order valence-corrected chi connectivity index (χ2v) is 5.85. The average molecular weight is 246 g/mol. The monoisotopic (exact) mass is 246 g/mol. The highest BCUT2D eigenvalue weighted by Crippen LogP contribution is 2.18. The number of hydrogen-bond donors (Lipinski definition) is 1. The summed E-state index contributed by atoms with van der Waals surface area (Å²) in [4.78, 5) is 2.43. The molecule has 3 unspecified atom stereocenters. The van der Waals surface area contributed by atoms with Gasteiger partial charge in [-0.1, -0.05) is 44.2 Å². The molecule has 1 heterocycles. The molecule has 0 saturated carbocycles. The Morgan fingerprint density at radius 1 is 1.33 bits per heavy atom. The van der Waals surface area contributed by atoms with Crippen LogP contribution in [-0.4, -0.2) is 37.6 Å². The summed E-state index contributed by atoms with van der Waals surface area (Å²) in [5, 5.41) is 3.76. The van der Waals surface area contributed by atoms with Crippen LogP contribution >= 0.6 is 0 Å². The van der Waals surface area contributed by atoms with Gasteiger partial charge in [-0.2, -0.15) is 0 Å². The van der Waals surface area contributed by atoms with Crippen LogP contribution in [0.15, 0.2) is 30.3 Å². The molecule has 0 aliphatic carbocycles. The molecule has 3 atom stereocenters. The zero-order chi connectivity index (χ0) is 13.0. The zero-order valence-electron chi connectivity index (χ0n) is 11.9. The summed E-state index contributed by atoms with van der Waals surface area (Å²) >= 11 is 0. The van der Waals surface area contributed by atoms with E-state index in [1.54, 1.807) is 0 Å². The van der Waals surface area contributed by atoms with Crippen molar-refractivity contribution in [2.24, 2.45) is 5.92 Å². The molecule has 0 bridgehead atoms. The molecule has 2 heteroatoms. The van der Waals surface area contributed by atoms with E-state index in [0.29, 0.717) is 12.0 Å². The number of nitrogens with zero attached hydrogens (tertiary/aromatic N) is 1. The van der Waals surface area contributed by atoms with E-state index in [9.17, 15) is 0 Å². The molecule has 1 aromatic carbocycles. The number of benzene rings is 1. The first-order valence-corrected chi connectivity index (χ1v) is 7.13. The quantitative estimate of drug-likeness (QED) is 0.879. The molecule has 2 nitrogen and oxygen atoms in total. The Morgan fingerprint density at radius 2 is 2.06 bits per heavy atom. The summed E-state index contributed by atoms with van der Waals surface area (Å²) in [6.07, 6.45) is 1.28. The van der Waals surface area contributed by atoms with E-state index in [-0.39, 0.29) is 0 Å². The van der Waals surface area contributed by atoms with Crippen LogP contribution in [0.3, 0.4) is 0 Å². The molecule has 1 aromatic rings. The summed E-state index contributed by atoms with van der Waals surface area (Å²) in [6, 6.07) is 11.5. The van der Waals surface area contributed by atoms with Gasteiger partial charge in [0.25, 0.3) is 0 Å². The summed E-state index contributed by atoms with van der Waals surface area (Å²) in [7, 11) is 2.22. The predicted octanol–water partition coefficient (Wildman–Crippen LogP) is 2.72. The van der Waals surface area contributed by atoms with Crippen LogP contribution in [0.2, 0.25) is 0 Å². The highest BCUT2D eigenvalue weighted by molar-refractivity contribution is 5.19. The SMILES string of the molecule is CC(CNC1CCN(C)CC1C)c1ccccc1. The lowest BCUT2D eigenvalue weighted by Gasteiger charge is -2.36. The first kappa shape index (κ1) is 13.6. The fraction of sp³-hybridized carbons (Fsp3) is 0.625. The summed E-state index contributed by atoms with van der Waals surface area (Å²) in [5.74, 6) is 1.35. The molecule has 1 fully saturated rings. The molecule has 0 spiro atoms. The topological polar surface area (TPSA) is 15.3 Å². The van der Waals surface area contributed by atoms with Gasteiger partial charge in [0.15, 0.2) is 0 Å². The van der Waals surface area contributed by atoms with Crippen molar-refractivity contribution >= 4 is 0 Å². The number of hydrogen-bond acceptors (Lipinski definition) is 2. The smallest absolute Gasteiger partial charge is 0.0117 e. The highest BCUT2D eigenvalue weighted by atomic mass is 15.1. The van der Waals surface area contributed by atoms with Crippen LogP contribution in [0.25, 0.3) is 0 Å². The van der Waals surface area contributed by atoms with E-state index in [1.807, 2.05) is 0 Å². The van der Waals surface area contributed by atoms with Crippen molar-refractivity contribution in [2.45, 2.75) is 32.2 Å². The third-order valence-corrected chi connectivity index (χ3v) is 4.16. The van der Waals surface area contributed by atoms with Gasteiger partial charge in [-0.3, -0.25) is 0 Å². The van der Waals surface area contributed by atoms with Crippen LogP contribution in [0.1, 0.15) is 31.7 Å². The van der Waals surface area contributed by atoms with Gasteiger partial charge in [0.2, 0.25) is 0 Å². The lowest BCUT2D eigenvalue weighted by Crippen LogP contribution is -2.47. The fourth-order valence-corrected chi connectivity index (χ4v) is 2.88. The third-order valence-electron chi connectivity index (χ3n) is 4.16. The molecule has 100 valence electrons. The minimum absolute atomic E-state index is 0.595. The number of nitrogens with one attached hydrogen (secondary N) is 1. The Bertz CT molecular complexity index is 349. The van der Waals surface area contributed by atoms with E-state index in [0.717, 1.165) is 12.5 Å². The van der Waals surface area contributed by atoms with Crippen LogP contribution in [0.5, 0.6) is 0 Å². The van der Waals surface area contributed by atoms with Crippen molar-refractivity contribution in [2.75, 3.05) is 26.7 Å². The van der Waals surface area contributed by atoms with E-state index in [4.69, 9.17) is 0 Å². The summed E-state index contributed by atoms with van der Waals surface area (Å²) in [5.41, 5.74) is 1.44. The second kappa shape index (κ2) is 6.35. The van der Waals surface area contributed by atoms with Gasteiger partial charge in [-0.25, -0.2) is 0 Å². The number of piperidine rings is 1. The standard InChI is InChI=1S/C16H26N2/c1-13(15-7-5-4-6-8-15)11-17-16-9-10-18(3)12-14(16)2/h4-8,13-14,16-17H,9-12H2,1-3H3. The second-order valence-electron chi connectivity index (χ2n) is 5.85. The molecule has 1 aliphatic rings. The van der Waals surface area contributed by atoms with Crippen molar-refractivity contribution in [3.63, 3.8) is 0 Å². The molecule has 1 N–H and O–H groups in total. The molecule has 0 amide bonds. The molecule has 0 radical (unpaired) electrons. The minimum Gasteiger partial charge on any atom is -0.313 e. The molecule has 1 aliphatic heterocycles. The van der Waals surface area contributed by atoms with Gasteiger partial charge >= 0.3 is 0 Å². The average Bonchev–Trinajstić information content (AvgIpc) is 2.38. The van der Waals surface area contributed by atoms with E-state index in [2.05, 4.69) is 61.4 Å². The molecule has 1 saturated heterocycles. The van der Waals surface area contributed by atoms with Gasteiger partial charge in [-0.15, -0.1) is 0 Å². The van der Waals surface area contributed by atoms with Crippen molar-refractivity contribution in [3.8, 4) is 0 Å². The van der Waals surface area contributed by atoms with Crippen LogP contribution in [0, 0.1) is 5.92 Å². The minimum atomic E-state index is 0.595. The lowest BCUT2D eigenvalue weighted by atomic mass is 9.93. The Hall–Kier alpha value is -0.860. The van der Waals surface area contributed by atoms with Gasteiger partial charge in [0.05, 0.1) is 0 Å². The predicted molar refractivity (Wildman–Crippen MR) is 77.9 cm³/mol. The maximum Gasteiger partial charge on any atom is 0.0117 e. The zero-order valence-corrected chi connectivity index (χ0v) is 11.9. The molecule has 0 aromatic heterocycles.